The van der Waals surface area contributed by atoms with E-state index in [4.69, 9.17) is 0 Å². The van der Waals surface area contributed by atoms with Crippen LogP contribution >= 0.6 is 0 Å². The monoisotopic (exact) mass is 429 g/mol. The van der Waals surface area contributed by atoms with Gasteiger partial charge < -0.3 is 5.32 Å². The van der Waals surface area contributed by atoms with Gasteiger partial charge in [0.2, 0.25) is 5.91 Å². The molecular formula is C25H27N5O2. The SMILES string of the molecule is Cc1ccc(C)c(NC(=O)CCCn2nc(C)c3c(C)n(-c4ccccc4)nc3c2=O)c1. The van der Waals surface area contributed by atoms with E-state index in [1.54, 1.807) is 4.68 Å². The second-order valence-electron chi connectivity index (χ2n) is 8.14. The molecule has 1 amide bonds. The minimum atomic E-state index is -0.238. The molecule has 0 radical (unpaired) electrons. The van der Waals surface area contributed by atoms with E-state index in [1.165, 1.54) is 4.68 Å². The van der Waals surface area contributed by atoms with Crippen LogP contribution in [-0.2, 0) is 11.3 Å². The molecule has 0 unspecified atom stereocenters. The minimum Gasteiger partial charge on any atom is -0.326 e. The molecule has 32 heavy (non-hydrogen) atoms. The summed E-state index contributed by atoms with van der Waals surface area (Å²) >= 11 is 0. The van der Waals surface area contributed by atoms with E-state index in [2.05, 4.69) is 15.5 Å². The topological polar surface area (TPSA) is 81.8 Å². The molecule has 0 spiro atoms. The van der Waals surface area contributed by atoms with Gasteiger partial charge in [0.05, 0.1) is 22.5 Å². The summed E-state index contributed by atoms with van der Waals surface area (Å²) < 4.78 is 3.20. The lowest BCUT2D eigenvalue weighted by Crippen LogP contribution is -2.25. The normalized spacial score (nSPS) is 11.1. The smallest absolute Gasteiger partial charge is 0.295 e. The third-order valence-corrected chi connectivity index (χ3v) is 5.63. The summed E-state index contributed by atoms with van der Waals surface area (Å²) in [6.07, 6.45) is 0.809. The summed E-state index contributed by atoms with van der Waals surface area (Å²) in [5, 5.41) is 12.8. The Morgan fingerprint density at radius 2 is 1.75 bits per heavy atom. The molecule has 4 rings (SSSR count). The van der Waals surface area contributed by atoms with Crippen LogP contribution < -0.4 is 10.9 Å². The van der Waals surface area contributed by atoms with Crippen LogP contribution in [0.5, 0.6) is 0 Å². The fourth-order valence-corrected chi connectivity index (χ4v) is 3.93. The van der Waals surface area contributed by atoms with Crippen LogP contribution in [0.25, 0.3) is 16.6 Å². The average Bonchev–Trinajstić information content (AvgIpc) is 3.13. The maximum absolute atomic E-state index is 13.1. The summed E-state index contributed by atoms with van der Waals surface area (Å²) in [6, 6.07) is 15.7. The van der Waals surface area contributed by atoms with Crippen LogP contribution in [0.1, 0.15) is 35.4 Å². The van der Waals surface area contributed by atoms with Gasteiger partial charge in [-0.3, -0.25) is 9.59 Å². The molecule has 0 fully saturated rings. The third kappa shape index (κ3) is 4.19. The Kier molecular flexibility index (Phi) is 5.90. The van der Waals surface area contributed by atoms with Gasteiger partial charge in [-0.2, -0.15) is 10.2 Å². The van der Waals surface area contributed by atoms with Crippen molar-refractivity contribution in [2.24, 2.45) is 0 Å². The third-order valence-electron chi connectivity index (χ3n) is 5.63. The van der Waals surface area contributed by atoms with Crippen molar-refractivity contribution < 1.29 is 4.79 Å². The molecule has 7 nitrogen and oxygen atoms in total. The molecule has 0 bridgehead atoms. The Morgan fingerprint density at radius 3 is 2.50 bits per heavy atom. The summed E-state index contributed by atoms with van der Waals surface area (Å²) in [5.74, 6) is -0.0752. The molecule has 0 saturated heterocycles. The predicted octanol–water partition coefficient (Wildman–Crippen LogP) is 4.23. The largest absolute Gasteiger partial charge is 0.326 e. The van der Waals surface area contributed by atoms with E-state index >= 15 is 0 Å². The molecule has 7 heteroatoms. The van der Waals surface area contributed by atoms with Crippen LogP contribution in [0, 0.1) is 27.7 Å². The maximum atomic E-state index is 13.1. The Bertz CT molecular complexity index is 1350. The molecule has 0 atom stereocenters. The number of carbonyl (C=O) groups excluding carboxylic acids is 1. The molecule has 2 aromatic carbocycles. The van der Waals surface area contributed by atoms with Crippen molar-refractivity contribution in [1.29, 1.82) is 0 Å². The zero-order valence-corrected chi connectivity index (χ0v) is 18.8. The number of benzene rings is 2. The van der Waals surface area contributed by atoms with Crippen molar-refractivity contribution >= 4 is 22.5 Å². The molecule has 0 saturated carbocycles. The number of hydrogen-bond acceptors (Lipinski definition) is 4. The number of anilines is 1. The zero-order chi connectivity index (χ0) is 22.8. The molecule has 0 aliphatic carbocycles. The van der Waals surface area contributed by atoms with E-state index in [0.717, 1.165) is 39.3 Å². The van der Waals surface area contributed by atoms with Crippen molar-refractivity contribution in [1.82, 2.24) is 19.6 Å². The van der Waals surface area contributed by atoms with Crippen LogP contribution in [0.2, 0.25) is 0 Å². The van der Waals surface area contributed by atoms with Gasteiger partial charge >= 0.3 is 0 Å². The zero-order valence-electron chi connectivity index (χ0n) is 18.8. The second-order valence-corrected chi connectivity index (χ2v) is 8.14. The lowest BCUT2D eigenvalue weighted by molar-refractivity contribution is -0.116. The number of nitrogens with one attached hydrogen (secondary N) is 1. The number of aryl methyl sites for hydroxylation is 5. The number of carbonyl (C=O) groups is 1. The molecule has 2 heterocycles. The Morgan fingerprint density at radius 1 is 1.00 bits per heavy atom. The van der Waals surface area contributed by atoms with E-state index in [0.29, 0.717) is 24.9 Å². The highest BCUT2D eigenvalue weighted by Crippen LogP contribution is 2.21. The van der Waals surface area contributed by atoms with Crippen LogP contribution in [0.4, 0.5) is 5.69 Å². The van der Waals surface area contributed by atoms with Gasteiger partial charge in [-0.25, -0.2) is 9.36 Å². The quantitative estimate of drug-likeness (QED) is 0.497. The molecule has 1 N–H and O–H groups in total. The lowest BCUT2D eigenvalue weighted by Gasteiger charge is -2.10. The minimum absolute atomic E-state index is 0.0752. The first-order chi connectivity index (χ1) is 15.3. The molecular weight excluding hydrogens is 402 g/mol. The van der Waals surface area contributed by atoms with Crippen molar-refractivity contribution in [2.45, 2.75) is 47.1 Å². The van der Waals surface area contributed by atoms with Gasteiger partial charge in [-0.05, 0) is 63.4 Å². The Balaban J connectivity index is 1.51. The summed E-state index contributed by atoms with van der Waals surface area (Å²) in [6.45, 7) is 8.14. The van der Waals surface area contributed by atoms with E-state index in [1.807, 2.05) is 76.2 Å². The van der Waals surface area contributed by atoms with Gasteiger partial charge in [0.1, 0.15) is 0 Å². The van der Waals surface area contributed by atoms with Crippen LogP contribution in [-0.4, -0.2) is 25.5 Å². The van der Waals surface area contributed by atoms with Crippen molar-refractivity contribution in [3.8, 4) is 5.69 Å². The van der Waals surface area contributed by atoms with E-state index < -0.39 is 0 Å². The standard InChI is InChI=1S/C25H27N5O2/c1-16-12-13-17(2)21(15-16)26-22(31)11-8-14-29-25(32)24-23(18(3)27-29)19(4)30(28-24)20-9-6-5-7-10-20/h5-7,9-10,12-13,15H,8,11,14H2,1-4H3,(H,26,31). The highest BCUT2D eigenvalue weighted by Gasteiger charge is 2.17. The van der Waals surface area contributed by atoms with Gasteiger partial charge in [0, 0.05) is 18.7 Å². The summed E-state index contributed by atoms with van der Waals surface area (Å²) in [5.41, 5.74) is 5.63. The number of hydrogen-bond donors (Lipinski definition) is 1. The summed E-state index contributed by atoms with van der Waals surface area (Å²) in [7, 11) is 0. The highest BCUT2D eigenvalue weighted by atomic mass is 16.1. The fraction of sp³-hybridized carbons (Fsp3) is 0.280. The average molecular weight is 430 g/mol. The molecule has 0 aliphatic heterocycles. The molecule has 164 valence electrons. The number of nitrogens with zero attached hydrogens (tertiary/aromatic N) is 4. The first kappa shape index (κ1) is 21.5. The molecule has 0 aliphatic rings. The lowest BCUT2D eigenvalue weighted by atomic mass is 10.1. The number of aromatic nitrogens is 4. The number of rotatable bonds is 6. The Hall–Kier alpha value is -3.74. The van der Waals surface area contributed by atoms with E-state index in [9.17, 15) is 9.59 Å². The highest BCUT2D eigenvalue weighted by molar-refractivity contribution is 5.91. The predicted molar refractivity (Wildman–Crippen MR) is 126 cm³/mol. The Labute approximate surface area is 186 Å². The molecule has 2 aromatic heterocycles. The number of amides is 1. The number of fused-ring (bicyclic) bond motifs is 1. The van der Waals surface area contributed by atoms with Crippen molar-refractivity contribution in [2.75, 3.05) is 5.32 Å². The fourth-order valence-electron chi connectivity index (χ4n) is 3.93. The summed E-state index contributed by atoms with van der Waals surface area (Å²) in [4.78, 5) is 25.5. The number of para-hydroxylation sites is 1. The van der Waals surface area contributed by atoms with Gasteiger partial charge in [0.25, 0.3) is 5.56 Å². The van der Waals surface area contributed by atoms with Gasteiger partial charge in [-0.15, -0.1) is 0 Å². The van der Waals surface area contributed by atoms with Crippen LogP contribution in [0.3, 0.4) is 0 Å². The van der Waals surface area contributed by atoms with E-state index in [-0.39, 0.29) is 11.5 Å². The second kappa shape index (κ2) is 8.78. The van der Waals surface area contributed by atoms with Crippen molar-refractivity contribution in [3.63, 3.8) is 0 Å². The van der Waals surface area contributed by atoms with Gasteiger partial charge in [0.15, 0.2) is 5.52 Å². The van der Waals surface area contributed by atoms with Crippen molar-refractivity contribution in [3.05, 3.63) is 81.4 Å². The maximum Gasteiger partial charge on any atom is 0.295 e. The first-order valence-corrected chi connectivity index (χ1v) is 10.7. The first-order valence-electron chi connectivity index (χ1n) is 10.7. The van der Waals surface area contributed by atoms with Crippen LogP contribution in [0.15, 0.2) is 53.3 Å². The van der Waals surface area contributed by atoms with Gasteiger partial charge in [-0.1, -0.05) is 30.3 Å². The molecule has 4 aromatic rings.